The van der Waals surface area contributed by atoms with Gasteiger partial charge in [0.1, 0.15) is 0 Å². The summed E-state index contributed by atoms with van der Waals surface area (Å²) in [6, 6.07) is 0.492. The van der Waals surface area contributed by atoms with Gasteiger partial charge >= 0.3 is 0 Å². The van der Waals surface area contributed by atoms with E-state index in [4.69, 9.17) is 9.47 Å². The third-order valence-electron chi connectivity index (χ3n) is 15.6. The van der Waals surface area contributed by atoms with Crippen molar-refractivity contribution < 1.29 is 19.7 Å². The molecule has 42 heavy (non-hydrogen) atoms. The zero-order valence-corrected chi connectivity index (χ0v) is 27.7. The Morgan fingerprint density at radius 1 is 0.857 bits per heavy atom. The molecule has 6 aliphatic rings. The third kappa shape index (κ3) is 4.64. The van der Waals surface area contributed by atoms with Gasteiger partial charge in [0, 0.05) is 19.2 Å². The van der Waals surface area contributed by atoms with E-state index < -0.39 is 0 Å². The minimum atomic E-state index is -0.0315. The Hall–Kier alpha value is -0.460. The predicted octanol–water partition coefficient (Wildman–Crippen LogP) is 7.11. The number of ether oxygens (including phenoxy) is 2. The number of hydrogen-bond donors (Lipinski definition) is 3. The van der Waals surface area contributed by atoms with Crippen LogP contribution in [0.15, 0.2) is 12.2 Å². The van der Waals surface area contributed by atoms with Crippen LogP contribution in [0.3, 0.4) is 0 Å². The van der Waals surface area contributed by atoms with Crippen LogP contribution in [0.25, 0.3) is 0 Å². The molecule has 1 aliphatic heterocycles. The standard InChI is InChI=1S/C37H63NO4/c1-25(23-40)26-12-17-37(24-42-31-9-7-8-22-41-31)19-18-35(5)27(32(26)37)10-11-29-34(4)15-14-30(38-20-21-39)33(2,3)28(34)13-16-36(29,35)6/h26-32,38-40H,1,7-24H2,2-6H3/t26-,27+,28-,29+,30?,31?,32+,34-,35+,36+,37+/m0/s1. The average Bonchev–Trinajstić information content (AvgIpc) is 3.36. The highest BCUT2D eigenvalue weighted by molar-refractivity contribution is 5.22. The van der Waals surface area contributed by atoms with Crippen LogP contribution in [0.5, 0.6) is 0 Å². The molecule has 5 heteroatoms. The monoisotopic (exact) mass is 585 g/mol. The van der Waals surface area contributed by atoms with Crippen LogP contribution in [0.4, 0.5) is 0 Å². The lowest BCUT2D eigenvalue weighted by Gasteiger charge is -2.73. The van der Waals surface area contributed by atoms with Gasteiger partial charge in [-0.05, 0) is 146 Å². The van der Waals surface area contributed by atoms with E-state index in [0.29, 0.717) is 52.5 Å². The summed E-state index contributed by atoms with van der Waals surface area (Å²) in [7, 11) is 0. The molecule has 11 atom stereocenters. The molecule has 5 nitrogen and oxygen atoms in total. The van der Waals surface area contributed by atoms with Crippen LogP contribution in [0.1, 0.15) is 118 Å². The molecule has 240 valence electrons. The highest BCUT2D eigenvalue weighted by Crippen LogP contribution is 2.77. The molecule has 0 spiro atoms. The van der Waals surface area contributed by atoms with Crippen molar-refractivity contribution in [2.24, 2.45) is 56.7 Å². The van der Waals surface area contributed by atoms with E-state index in [-0.39, 0.29) is 30.3 Å². The Kier molecular flexibility index (Phi) is 8.56. The number of rotatable bonds is 8. The van der Waals surface area contributed by atoms with E-state index in [2.05, 4.69) is 46.5 Å². The average molecular weight is 586 g/mol. The van der Waals surface area contributed by atoms with Crippen LogP contribution in [0.2, 0.25) is 0 Å². The summed E-state index contributed by atoms with van der Waals surface area (Å²) in [6.07, 6.45) is 16.1. The highest BCUT2D eigenvalue weighted by Gasteiger charge is 2.71. The highest BCUT2D eigenvalue weighted by atomic mass is 16.7. The maximum Gasteiger partial charge on any atom is 0.157 e. The summed E-state index contributed by atoms with van der Waals surface area (Å²) in [4.78, 5) is 0. The smallest absolute Gasteiger partial charge is 0.157 e. The minimum Gasteiger partial charge on any atom is -0.395 e. The van der Waals surface area contributed by atoms with Gasteiger partial charge in [0.15, 0.2) is 6.29 Å². The van der Waals surface area contributed by atoms with Crippen molar-refractivity contribution in [3.05, 3.63) is 12.2 Å². The molecule has 1 saturated heterocycles. The molecular formula is C37H63NO4. The van der Waals surface area contributed by atoms with Crippen molar-refractivity contribution in [3.63, 3.8) is 0 Å². The van der Waals surface area contributed by atoms with Crippen LogP contribution in [-0.4, -0.2) is 55.5 Å². The Morgan fingerprint density at radius 2 is 1.67 bits per heavy atom. The predicted molar refractivity (Wildman–Crippen MR) is 169 cm³/mol. The molecule has 5 aliphatic carbocycles. The van der Waals surface area contributed by atoms with E-state index in [1.54, 1.807) is 0 Å². The summed E-state index contributed by atoms with van der Waals surface area (Å²) in [5.74, 6) is 3.10. The molecule has 0 aromatic heterocycles. The molecule has 6 fully saturated rings. The topological polar surface area (TPSA) is 71.0 Å². The molecule has 0 aromatic rings. The van der Waals surface area contributed by atoms with E-state index in [9.17, 15) is 10.2 Å². The van der Waals surface area contributed by atoms with Gasteiger partial charge in [0.25, 0.3) is 0 Å². The Balaban J connectivity index is 1.29. The first kappa shape index (κ1) is 31.5. The van der Waals surface area contributed by atoms with Gasteiger partial charge in [-0.25, -0.2) is 0 Å². The zero-order valence-electron chi connectivity index (χ0n) is 27.7. The fraction of sp³-hybridized carbons (Fsp3) is 0.946. The van der Waals surface area contributed by atoms with Crippen LogP contribution in [-0.2, 0) is 9.47 Å². The molecule has 3 N–H and O–H groups in total. The van der Waals surface area contributed by atoms with E-state index in [1.165, 1.54) is 64.2 Å². The second-order valence-electron chi connectivity index (χ2n) is 17.2. The summed E-state index contributed by atoms with van der Waals surface area (Å²) in [5, 5.41) is 23.6. The van der Waals surface area contributed by atoms with Crippen molar-refractivity contribution in [2.45, 2.75) is 130 Å². The van der Waals surface area contributed by atoms with E-state index >= 15 is 0 Å². The zero-order chi connectivity index (χ0) is 30.0. The van der Waals surface area contributed by atoms with Crippen LogP contribution in [0, 0.1) is 56.7 Å². The second-order valence-corrected chi connectivity index (χ2v) is 17.2. The van der Waals surface area contributed by atoms with Gasteiger partial charge < -0.3 is 25.0 Å². The Labute approximate surface area is 257 Å². The van der Waals surface area contributed by atoms with Gasteiger partial charge in [-0.15, -0.1) is 0 Å². The Bertz CT molecular complexity index is 992. The number of aliphatic hydroxyl groups excluding tert-OH is 2. The molecule has 0 amide bonds. The van der Waals surface area contributed by atoms with Crippen molar-refractivity contribution >= 4 is 0 Å². The summed E-state index contributed by atoms with van der Waals surface area (Å²) >= 11 is 0. The van der Waals surface area contributed by atoms with Gasteiger partial charge in [-0.2, -0.15) is 0 Å². The van der Waals surface area contributed by atoms with Crippen LogP contribution >= 0.6 is 0 Å². The minimum absolute atomic E-state index is 0.0315. The second kappa shape index (κ2) is 11.4. The van der Waals surface area contributed by atoms with E-state index in [0.717, 1.165) is 44.0 Å². The van der Waals surface area contributed by atoms with Crippen molar-refractivity contribution in [1.82, 2.24) is 5.32 Å². The molecule has 5 saturated carbocycles. The fourth-order valence-electron chi connectivity index (χ4n) is 13.3. The Morgan fingerprint density at radius 3 is 2.38 bits per heavy atom. The van der Waals surface area contributed by atoms with Gasteiger partial charge in [0.05, 0.1) is 19.8 Å². The number of aliphatic hydroxyl groups is 2. The first-order valence-electron chi connectivity index (χ1n) is 17.8. The van der Waals surface area contributed by atoms with Crippen LogP contribution < -0.4 is 5.32 Å². The molecule has 1 heterocycles. The summed E-state index contributed by atoms with van der Waals surface area (Å²) in [6.45, 7) is 20.3. The van der Waals surface area contributed by atoms with Crippen molar-refractivity contribution in [3.8, 4) is 0 Å². The first-order chi connectivity index (χ1) is 20.0. The van der Waals surface area contributed by atoms with Crippen molar-refractivity contribution in [2.75, 3.05) is 33.0 Å². The molecule has 6 rings (SSSR count). The third-order valence-corrected chi connectivity index (χ3v) is 15.6. The molecule has 2 unspecified atom stereocenters. The maximum atomic E-state index is 10.3. The molecule has 0 aromatic carbocycles. The van der Waals surface area contributed by atoms with E-state index in [1.807, 2.05) is 0 Å². The largest absolute Gasteiger partial charge is 0.395 e. The first-order valence-corrected chi connectivity index (χ1v) is 17.8. The normalized spacial score (nSPS) is 49.8. The number of nitrogens with one attached hydrogen (secondary N) is 1. The number of hydrogen-bond acceptors (Lipinski definition) is 5. The number of fused-ring (bicyclic) bond motifs is 7. The summed E-state index contributed by atoms with van der Waals surface area (Å²) < 4.78 is 12.7. The summed E-state index contributed by atoms with van der Waals surface area (Å²) in [5.41, 5.74) is 2.48. The lowest BCUT2D eigenvalue weighted by Crippen LogP contribution is -2.67. The fourth-order valence-corrected chi connectivity index (χ4v) is 13.3. The van der Waals surface area contributed by atoms with Gasteiger partial charge in [-0.3, -0.25) is 0 Å². The van der Waals surface area contributed by atoms with Crippen molar-refractivity contribution in [1.29, 1.82) is 0 Å². The van der Waals surface area contributed by atoms with Gasteiger partial charge in [-0.1, -0.05) is 41.2 Å². The lowest BCUT2D eigenvalue weighted by atomic mass is 9.32. The lowest BCUT2D eigenvalue weighted by molar-refractivity contribution is -0.250. The molecular weight excluding hydrogens is 522 g/mol. The van der Waals surface area contributed by atoms with Gasteiger partial charge in [0.2, 0.25) is 0 Å². The quantitative estimate of drug-likeness (QED) is 0.265. The molecule has 0 radical (unpaired) electrons. The molecule has 0 bridgehead atoms. The SMILES string of the molecule is C=C(CO)[C@@H]1CC[C@]2(COC3CCCCO3)CC[C@]3(C)[C@H](CC[C@@H]4[C@@]5(C)CCC(NCCO)C(C)(C)[C@@H]5CC[C@]43C)[C@@H]12. The maximum absolute atomic E-state index is 10.3.